The first-order valence-electron chi connectivity index (χ1n) is 6.00. The number of allylic oxidation sites excluding steroid dienone is 1. The van der Waals surface area contributed by atoms with Gasteiger partial charge in [-0.15, -0.1) is 0 Å². The van der Waals surface area contributed by atoms with E-state index in [4.69, 9.17) is 11.6 Å². The van der Waals surface area contributed by atoms with Crippen molar-refractivity contribution >= 4 is 27.9 Å². The van der Waals surface area contributed by atoms with Crippen molar-refractivity contribution in [2.75, 3.05) is 0 Å². The number of nitriles is 1. The lowest BCUT2D eigenvalue weighted by Crippen LogP contribution is -1.95. The first-order valence-corrected chi connectivity index (χ1v) is 6.38. The van der Waals surface area contributed by atoms with Gasteiger partial charge in [0.15, 0.2) is 0 Å². The Hall–Kier alpha value is -2.71. The van der Waals surface area contributed by atoms with Gasteiger partial charge in [-0.05, 0) is 36.2 Å². The Morgan fingerprint density at radius 2 is 2.00 bits per heavy atom. The highest BCUT2D eigenvalue weighted by molar-refractivity contribution is 6.53. The van der Waals surface area contributed by atoms with Crippen molar-refractivity contribution in [1.29, 1.82) is 5.26 Å². The van der Waals surface area contributed by atoms with E-state index in [2.05, 4.69) is 4.98 Å². The van der Waals surface area contributed by atoms with Gasteiger partial charge in [-0.3, -0.25) is 15.1 Å². The maximum absolute atomic E-state index is 11.1. The molecule has 21 heavy (non-hydrogen) atoms. The second-order valence-electron chi connectivity index (χ2n) is 4.31. The molecule has 0 radical (unpaired) electrons. The molecule has 6 heteroatoms. The van der Waals surface area contributed by atoms with Gasteiger partial charge in [0.1, 0.15) is 6.07 Å². The minimum absolute atomic E-state index is 0.0547. The number of hydrogen-bond donors (Lipinski definition) is 0. The maximum atomic E-state index is 11.1. The van der Waals surface area contributed by atoms with Crippen LogP contribution < -0.4 is 0 Å². The van der Waals surface area contributed by atoms with Crippen molar-refractivity contribution in [2.45, 2.75) is 6.92 Å². The number of pyridine rings is 1. The molecule has 1 aromatic carbocycles. The number of hydrogen-bond acceptors (Lipinski definition) is 4. The molecular formula is C15H10ClN3O2. The number of benzene rings is 1. The smallest absolute Gasteiger partial charge is 0.265 e. The van der Waals surface area contributed by atoms with Crippen LogP contribution in [0.3, 0.4) is 0 Å². The Bertz CT molecular complexity index is 764. The van der Waals surface area contributed by atoms with Crippen LogP contribution >= 0.6 is 11.6 Å². The molecule has 0 amide bonds. The summed E-state index contributed by atoms with van der Waals surface area (Å²) in [5, 5.41) is 20.5. The normalized spacial score (nSPS) is 11.5. The molecule has 104 valence electrons. The molecule has 0 aliphatic rings. The van der Waals surface area contributed by atoms with Crippen LogP contribution in [0.1, 0.15) is 16.7 Å². The SMILES string of the molecule is Cc1ccc([N+](=O)[O-])c(/C(Cl)=C(/C#N)c2ccncc2)c1. The van der Waals surface area contributed by atoms with Gasteiger partial charge in [0.2, 0.25) is 0 Å². The molecule has 1 heterocycles. The van der Waals surface area contributed by atoms with Crippen LogP contribution in [0.25, 0.3) is 10.6 Å². The molecule has 2 aromatic rings. The third kappa shape index (κ3) is 3.07. The van der Waals surface area contributed by atoms with Crippen molar-refractivity contribution in [1.82, 2.24) is 4.98 Å². The summed E-state index contributed by atoms with van der Waals surface area (Å²) in [5.41, 5.74) is 1.66. The van der Waals surface area contributed by atoms with Gasteiger partial charge in [0.05, 0.1) is 21.1 Å². The highest BCUT2D eigenvalue weighted by atomic mass is 35.5. The van der Waals surface area contributed by atoms with Gasteiger partial charge in [-0.2, -0.15) is 5.26 Å². The van der Waals surface area contributed by atoms with Gasteiger partial charge in [0.25, 0.3) is 5.69 Å². The zero-order valence-corrected chi connectivity index (χ0v) is 11.8. The molecule has 0 spiro atoms. The monoisotopic (exact) mass is 299 g/mol. The summed E-state index contributed by atoms with van der Waals surface area (Å²) in [6.07, 6.45) is 3.06. The Morgan fingerprint density at radius 1 is 1.33 bits per heavy atom. The van der Waals surface area contributed by atoms with Crippen LogP contribution in [0.2, 0.25) is 0 Å². The maximum Gasteiger partial charge on any atom is 0.278 e. The quantitative estimate of drug-likeness (QED) is 0.488. The van der Waals surface area contributed by atoms with Crippen molar-refractivity contribution in [2.24, 2.45) is 0 Å². The van der Waals surface area contributed by atoms with E-state index >= 15 is 0 Å². The van der Waals surface area contributed by atoms with E-state index in [9.17, 15) is 15.4 Å². The van der Waals surface area contributed by atoms with E-state index in [1.54, 1.807) is 31.2 Å². The second-order valence-corrected chi connectivity index (χ2v) is 4.69. The van der Waals surface area contributed by atoms with E-state index in [1.807, 2.05) is 6.07 Å². The van der Waals surface area contributed by atoms with Crippen LogP contribution in [0.4, 0.5) is 5.69 Å². The number of halogens is 1. The summed E-state index contributed by atoms with van der Waals surface area (Å²) < 4.78 is 0. The standard InChI is InChI=1S/C15H10ClN3O2/c1-10-2-3-14(19(20)21)12(8-10)15(16)13(9-17)11-4-6-18-7-5-11/h2-8H,1H3/b15-13+. The molecule has 0 aliphatic heterocycles. The topological polar surface area (TPSA) is 79.8 Å². The lowest BCUT2D eigenvalue weighted by Gasteiger charge is -2.06. The summed E-state index contributed by atoms with van der Waals surface area (Å²) in [5.74, 6) is 0. The van der Waals surface area contributed by atoms with Crippen LogP contribution in [0, 0.1) is 28.4 Å². The summed E-state index contributed by atoms with van der Waals surface area (Å²) >= 11 is 6.26. The van der Waals surface area contributed by atoms with Crippen LogP contribution in [0.15, 0.2) is 42.7 Å². The molecule has 2 rings (SSSR count). The predicted octanol–water partition coefficient (Wildman–Crippen LogP) is 3.93. The minimum Gasteiger partial charge on any atom is -0.265 e. The Morgan fingerprint density at radius 3 is 2.57 bits per heavy atom. The molecule has 0 saturated carbocycles. The fraction of sp³-hybridized carbons (Fsp3) is 0.0667. The molecule has 0 bridgehead atoms. The number of aryl methyl sites for hydroxylation is 1. The third-order valence-corrected chi connectivity index (χ3v) is 3.28. The van der Waals surface area contributed by atoms with Gasteiger partial charge in [0, 0.05) is 18.5 Å². The number of nitrogens with zero attached hydrogens (tertiary/aromatic N) is 3. The zero-order valence-electron chi connectivity index (χ0n) is 11.1. The Kier molecular flexibility index (Phi) is 4.31. The second kappa shape index (κ2) is 6.16. The van der Waals surface area contributed by atoms with E-state index in [-0.39, 0.29) is 21.9 Å². The Balaban J connectivity index is 2.70. The molecule has 1 aromatic heterocycles. The summed E-state index contributed by atoms with van der Waals surface area (Å²) in [6, 6.07) is 9.86. The predicted molar refractivity (Wildman–Crippen MR) is 80.4 cm³/mol. The fourth-order valence-electron chi connectivity index (χ4n) is 1.88. The molecule has 0 saturated heterocycles. The summed E-state index contributed by atoms with van der Waals surface area (Å²) in [7, 11) is 0. The average molecular weight is 300 g/mol. The first kappa shape index (κ1) is 14.7. The summed E-state index contributed by atoms with van der Waals surface area (Å²) in [6.45, 7) is 1.80. The molecule has 0 N–H and O–H groups in total. The van der Waals surface area contributed by atoms with Gasteiger partial charge in [-0.1, -0.05) is 17.7 Å². The van der Waals surface area contributed by atoms with Crippen molar-refractivity contribution < 1.29 is 4.92 Å². The average Bonchev–Trinajstić information content (AvgIpc) is 2.48. The molecule has 5 nitrogen and oxygen atoms in total. The minimum atomic E-state index is -0.515. The Labute approximate surface area is 126 Å². The first-order chi connectivity index (χ1) is 10.0. The molecule has 0 fully saturated rings. The fourth-order valence-corrected chi connectivity index (χ4v) is 2.18. The number of aromatic nitrogens is 1. The van der Waals surface area contributed by atoms with Crippen LogP contribution in [0.5, 0.6) is 0 Å². The van der Waals surface area contributed by atoms with E-state index in [0.717, 1.165) is 5.56 Å². The number of nitro benzene ring substituents is 1. The van der Waals surface area contributed by atoms with Crippen LogP contribution in [-0.2, 0) is 0 Å². The van der Waals surface area contributed by atoms with Crippen LogP contribution in [-0.4, -0.2) is 9.91 Å². The number of nitro groups is 1. The van der Waals surface area contributed by atoms with Crippen molar-refractivity contribution in [3.8, 4) is 6.07 Å². The van der Waals surface area contributed by atoms with E-state index in [0.29, 0.717) is 5.56 Å². The molecule has 0 aliphatic carbocycles. The highest BCUT2D eigenvalue weighted by Gasteiger charge is 2.19. The highest BCUT2D eigenvalue weighted by Crippen LogP contribution is 2.35. The summed E-state index contributed by atoms with van der Waals surface area (Å²) in [4.78, 5) is 14.5. The third-order valence-electron chi connectivity index (χ3n) is 2.89. The number of rotatable bonds is 3. The molecular weight excluding hydrogens is 290 g/mol. The largest absolute Gasteiger partial charge is 0.278 e. The van der Waals surface area contributed by atoms with E-state index in [1.165, 1.54) is 18.5 Å². The van der Waals surface area contributed by atoms with Crippen molar-refractivity contribution in [3.05, 3.63) is 69.5 Å². The van der Waals surface area contributed by atoms with Gasteiger partial charge < -0.3 is 0 Å². The van der Waals surface area contributed by atoms with E-state index < -0.39 is 4.92 Å². The van der Waals surface area contributed by atoms with Gasteiger partial charge in [-0.25, -0.2) is 0 Å². The van der Waals surface area contributed by atoms with Gasteiger partial charge >= 0.3 is 0 Å². The lowest BCUT2D eigenvalue weighted by atomic mass is 10.0. The molecule has 0 atom stereocenters. The molecule has 0 unspecified atom stereocenters. The lowest BCUT2D eigenvalue weighted by molar-refractivity contribution is -0.385. The van der Waals surface area contributed by atoms with Crippen molar-refractivity contribution in [3.63, 3.8) is 0 Å². The zero-order chi connectivity index (χ0) is 15.4.